The van der Waals surface area contributed by atoms with Gasteiger partial charge in [0.1, 0.15) is 0 Å². The van der Waals surface area contributed by atoms with E-state index in [-0.39, 0.29) is 0 Å². The molecule has 0 radical (unpaired) electrons. The minimum Gasteiger partial charge on any atom is -0.419 e. The van der Waals surface area contributed by atoms with Gasteiger partial charge in [-0.1, -0.05) is 17.7 Å². The molecule has 0 aliphatic heterocycles. The van der Waals surface area contributed by atoms with E-state index in [0.717, 1.165) is 18.5 Å². The number of nitrogens with zero attached hydrogens (tertiary/aromatic N) is 4. The highest BCUT2D eigenvalue weighted by molar-refractivity contribution is 5.52. The molecule has 0 aliphatic carbocycles. The number of pyridine rings is 1. The summed E-state index contributed by atoms with van der Waals surface area (Å²) in [5.74, 6) is 1.21. The third-order valence-electron chi connectivity index (χ3n) is 3.70. The molecule has 0 bridgehead atoms. The first-order chi connectivity index (χ1) is 11.2. The van der Waals surface area contributed by atoms with E-state index in [9.17, 15) is 0 Å². The fraction of sp³-hybridized carbons (Fsp3) is 0.278. The third-order valence-corrected chi connectivity index (χ3v) is 3.70. The van der Waals surface area contributed by atoms with Crippen molar-refractivity contribution in [1.82, 2.24) is 20.1 Å². The Kier molecular flexibility index (Phi) is 4.78. The highest BCUT2D eigenvalue weighted by Crippen LogP contribution is 2.18. The molecule has 0 aliphatic rings. The first-order valence-corrected chi connectivity index (χ1v) is 7.67. The third kappa shape index (κ3) is 4.23. The van der Waals surface area contributed by atoms with Crippen molar-refractivity contribution in [2.75, 3.05) is 13.6 Å². The van der Waals surface area contributed by atoms with Crippen molar-refractivity contribution in [3.8, 4) is 11.5 Å². The number of aryl methyl sites for hydroxylation is 1. The summed E-state index contributed by atoms with van der Waals surface area (Å²) < 4.78 is 5.76. The second kappa shape index (κ2) is 7.15. The molecule has 0 fully saturated rings. The summed E-state index contributed by atoms with van der Waals surface area (Å²) in [5, 5.41) is 8.28. The Balaban J connectivity index is 1.57. The van der Waals surface area contributed by atoms with Crippen LogP contribution in [0, 0.1) is 6.92 Å². The summed E-state index contributed by atoms with van der Waals surface area (Å²) in [4.78, 5) is 6.20. The minimum atomic E-state index is 0.572. The van der Waals surface area contributed by atoms with Crippen LogP contribution in [-0.4, -0.2) is 33.7 Å². The van der Waals surface area contributed by atoms with Gasteiger partial charge in [0.15, 0.2) is 0 Å². The minimum absolute atomic E-state index is 0.572. The largest absolute Gasteiger partial charge is 0.419 e. The van der Waals surface area contributed by atoms with E-state index in [2.05, 4.69) is 34.1 Å². The second-order valence-corrected chi connectivity index (χ2v) is 5.71. The molecule has 0 N–H and O–H groups in total. The molecular formula is C18H20N4O. The number of aromatic nitrogens is 3. The van der Waals surface area contributed by atoms with Crippen LogP contribution in [0.5, 0.6) is 0 Å². The standard InChI is InChI=1S/C18H20N4O/c1-14-3-5-16(6-4-14)18-21-20-17(23-18)13-22(2)12-9-15-7-10-19-11-8-15/h3-8,10-11H,9,12-13H2,1-2H3. The van der Waals surface area contributed by atoms with Crippen molar-refractivity contribution in [2.45, 2.75) is 19.9 Å². The van der Waals surface area contributed by atoms with Crippen molar-refractivity contribution in [2.24, 2.45) is 0 Å². The van der Waals surface area contributed by atoms with Crippen LogP contribution in [0.15, 0.2) is 53.2 Å². The first-order valence-electron chi connectivity index (χ1n) is 7.67. The van der Waals surface area contributed by atoms with Crippen molar-refractivity contribution >= 4 is 0 Å². The van der Waals surface area contributed by atoms with Gasteiger partial charge in [-0.3, -0.25) is 9.88 Å². The van der Waals surface area contributed by atoms with Crippen LogP contribution in [0.4, 0.5) is 0 Å². The molecule has 0 spiro atoms. The van der Waals surface area contributed by atoms with Crippen LogP contribution in [0.25, 0.3) is 11.5 Å². The summed E-state index contributed by atoms with van der Waals surface area (Å²) in [6.07, 6.45) is 4.61. The molecule has 23 heavy (non-hydrogen) atoms. The smallest absolute Gasteiger partial charge is 0.247 e. The van der Waals surface area contributed by atoms with Gasteiger partial charge in [0.2, 0.25) is 11.8 Å². The molecule has 0 atom stereocenters. The normalized spacial score (nSPS) is 11.1. The summed E-state index contributed by atoms with van der Waals surface area (Å²) in [5.41, 5.74) is 3.44. The van der Waals surface area contributed by atoms with E-state index in [1.807, 2.05) is 48.8 Å². The van der Waals surface area contributed by atoms with Gasteiger partial charge in [0, 0.05) is 24.5 Å². The highest BCUT2D eigenvalue weighted by Gasteiger charge is 2.10. The lowest BCUT2D eigenvalue weighted by molar-refractivity contribution is 0.293. The Morgan fingerprint density at radius 3 is 2.48 bits per heavy atom. The Labute approximate surface area is 136 Å². The van der Waals surface area contributed by atoms with Crippen LogP contribution >= 0.6 is 0 Å². The molecule has 3 rings (SSSR count). The van der Waals surface area contributed by atoms with E-state index in [4.69, 9.17) is 4.42 Å². The van der Waals surface area contributed by atoms with Crippen molar-refractivity contribution in [3.63, 3.8) is 0 Å². The predicted octanol–water partition coefficient (Wildman–Crippen LogP) is 3.11. The molecule has 0 amide bonds. The van der Waals surface area contributed by atoms with E-state index < -0.39 is 0 Å². The molecule has 0 saturated heterocycles. The van der Waals surface area contributed by atoms with Crippen LogP contribution < -0.4 is 0 Å². The molecule has 3 aromatic rings. The van der Waals surface area contributed by atoms with Crippen LogP contribution in [0.1, 0.15) is 17.0 Å². The maximum atomic E-state index is 5.76. The van der Waals surface area contributed by atoms with Gasteiger partial charge in [0.05, 0.1) is 6.54 Å². The van der Waals surface area contributed by atoms with E-state index in [0.29, 0.717) is 18.3 Å². The zero-order valence-electron chi connectivity index (χ0n) is 13.4. The Morgan fingerprint density at radius 1 is 1.00 bits per heavy atom. The Hall–Kier alpha value is -2.53. The van der Waals surface area contributed by atoms with Crippen LogP contribution in [0.3, 0.4) is 0 Å². The molecule has 1 aromatic carbocycles. The summed E-state index contributed by atoms with van der Waals surface area (Å²) in [7, 11) is 2.05. The monoisotopic (exact) mass is 308 g/mol. The molecule has 5 heteroatoms. The quantitative estimate of drug-likeness (QED) is 0.700. The van der Waals surface area contributed by atoms with E-state index in [1.54, 1.807) is 0 Å². The number of benzene rings is 1. The van der Waals surface area contributed by atoms with Crippen molar-refractivity contribution < 1.29 is 4.42 Å². The van der Waals surface area contributed by atoms with Gasteiger partial charge in [-0.25, -0.2) is 0 Å². The lowest BCUT2D eigenvalue weighted by Gasteiger charge is -2.13. The van der Waals surface area contributed by atoms with Crippen molar-refractivity contribution in [3.05, 3.63) is 65.8 Å². The lowest BCUT2D eigenvalue weighted by atomic mass is 10.1. The van der Waals surface area contributed by atoms with Gasteiger partial charge in [-0.05, 0) is 50.2 Å². The van der Waals surface area contributed by atoms with Crippen LogP contribution in [0.2, 0.25) is 0 Å². The number of hydrogen-bond donors (Lipinski definition) is 0. The maximum Gasteiger partial charge on any atom is 0.247 e. The average molecular weight is 308 g/mol. The topological polar surface area (TPSA) is 55.1 Å². The van der Waals surface area contributed by atoms with Crippen LogP contribution in [-0.2, 0) is 13.0 Å². The van der Waals surface area contributed by atoms with Gasteiger partial charge in [-0.15, -0.1) is 10.2 Å². The zero-order chi connectivity index (χ0) is 16.1. The number of hydrogen-bond acceptors (Lipinski definition) is 5. The zero-order valence-corrected chi connectivity index (χ0v) is 13.4. The molecule has 2 aromatic heterocycles. The number of likely N-dealkylation sites (N-methyl/N-ethyl adjacent to an activating group) is 1. The molecular weight excluding hydrogens is 288 g/mol. The van der Waals surface area contributed by atoms with Gasteiger partial charge in [0.25, 0.3) is 0 Å². The second-order valence-electron chi connectivity index (χ2n) is 5.71. The van der Waals surface area contributed by atoms with Gasteiger partial charge >= 0.3 is 0 Å². The first kappa shape index (κ1) is 15.4. The Bertz CT molecular complexity index is 737. The van der Waals surface area contributed by atoms with Gasteiger partial charge < -0.3 is 4.42 Å². The average Bonchev–Trinajstić information content (AvgIpc) is 3.03. The molecule has 118 valence electrons. The highest BCUT2D eigenvalue weighted by atomic mass is 16.4. The summed E-state index contributed by atoms with van der Waals surface area (Å²) >= 11 is 0. The molecule has 0 saturated carbocycles. The molecule has 5 nitrogen and oxygen atoms in total. The maximum absolute atomic E-state index is 5.76. The van der Waals surface area contributed by atoms with Gasteiger partial charge in [-0.2, -0.15) is 0 Å². The predicted molar refractivity (Wildman–Crippen MR) is 88.7 cm³/mol. The lowest BCUT2D eigenvalue weighted by Crippen LogP contribution is -2.20. The number of rotatable bonds is 6. The Morgan fingerprint density at radius 2 is 1.74 bits per heavy atom. The SMILES string of the molecule is Cc1ccc(-c2nnc(CN(C)CCc3ccncc3)o2)cc1. The van der Waals surface area contributed by atoms with Crippen molar-refractivity contribution in [1.29, 1.82) is 0 Å². The van der Waals surface area contributed by atoms with E-state index >= 15 is 0 Å². The fourth-order valence-corrected chi connectivity index (χ4v) is 2.31. The summed E-state index contributed by atoms with van der Waals surface area (Å²) in [6, 6.07) is 12.2. The molecule has 0 unspecified atom stereocenters. The molecule has 2 heterocycles. The van der Waals surface area contributed by atoms with E-state index in [1.165, 1.54) is 11.1 Å². The summed E-state index contributed by atoms with van der Waals surface area (Å²) in [6.45, 7) is 3.62. The fourth-order valence-electron chi connectivity index (χ4n) is 2.31.